The number of benzene rings is 1. The first kappa shape index (κ1) is 14.7. The SMILES string of the molecule is CCSCCC(C)Nc1ccc(N)cc1C(=O)O. The van der Waals surface area contributed by atoms with E-state index in [4.69, 9.17) is 10.8 Å². The fourth-order valence-electron chi connectivity index (χ4n) is 1.61. The van der Waals surface area contributed by atoms with Crippen LogP contribution in [0, 0.1) is 0 Å². The first-order chi connectivity index (χ1) is 8.54. The third-order valence-electron chi connectivity index (χ3n) is 2.58. The molecule has 0 aromatic heterocycles. The quantitative estimate of drug-likeness (QED) is 0.523. The Hall–Kier alpha value is -1.36. The molecular formula is C13H20N2O2S. The minimum atomic E-state index is -0.958. The van der Waals surface area contributed by atoms with E-state index in [0.717, 1.165) is 17.9 Å². The summed E-state index contributed by atoms with van der Waals surface area (Å²) in [6, 6.07) is 5.16. The number of carboxylic acid groups (broad SMARTS) is 1. The number of carbonyl (C=O) groups is 1. The molecule has 0 saturated carbocycles. The van der Waals surface area contributed by atoms with Crippen molar-refractivity contribution in [3.8, 4) is 0 Å². The van der Waals surface area contributed by atoms with Crippen molar-refractivity contribution in [3.05, 3.63) is 23.8 Å². The number of aromatic carboxylic acids is 1. The number of hydrogen-bond acceptors (Lipinski definition) is 4. The summed E-state index contributed by atoms with van der Waals surface area (Å²) in [5.74, 6) is 1.22. The Kier molecular flexibility index (Phi) is 5.85. The van der Waals surface area contributed by atoms with Crippen molar-refractivity contribution in [2.45, 2.75) is 26.3 Å². The summed E-state index contributed by atoms with van der Waals surface area (Å²) in [7, 11) is 0. The molecule has 100 valence electrons. The molecule has 0 amide bonds. The maximum absolute atomic E-state index is 11.1. The second-order valence-electron chi connectivity index (χ2n) is 4.14. The van der Waals surface area contributed by atoms with Crippen molar-refractivity contribution in [1.82, 2.24) is 0 Å². The monoisotopic (exact) mass is 268 g/mol. The van der Waals surface area contributed by atoms with Crippen LogP contribution in [0.1, 0.15) is 30.6 Å². The van der Waals surface area contributed by atoms with Gasteiger partial charge in [-0.3, -0.25) is 0 Å². The second kappa shape index (κ2) is 7.16. The van der Waals surface area contributed by atoms with Crippen LogP contribution in [0.25, 0.3) is 0 Å². The fourth-order valence-corrected chi connectivity index (χ4v) is 2.42. The molecule has 0 aliphatic carbocycles. The Labute approximate surface area is 112 Å². The Balaban J connectivity index is 2.68. The van der Waals surface area contributed by atoms with Crippen LogP contribution < -0.4 is 11.1 Å². The molecule has 1 aromatic carbocycles. The molecule has 0 heterocycles. The van der Waals surface area contributed by atoms with E-state index in [1.54, 1.807) is 12.1 Å². The van der Waals surface area contributed by atoms with Gasteiger partial charge in [0.05, 0.1) is 5.56 Å². The number of nitrogens with one attached hydrogen (secondary N) is 1. The Morgan fingerprint density at radius 3 is 2.89 bits per heavy atom. The lowest BCUT2D eigenvalue weighted by Crippen LogP contribution is -2.18. The van der Waals surface area contributed by atoms with E-state index in [-0.39, 0.29) is 11.6 Å². The van der Waals surface area contributed by atoms with E-state index < -0.39 is 5.97 Å². The highest BCUT2D eigenvalue weighted by atomic mass is 32.2. The number of thioether (sulfide) groups is 1. The molecule has 1 aromatic rings. The molecule has 0 fully saturated rings. The molecule has 1 unspecified atom stereocenters. The molecule has 1 rings (SSSR count). The third-order valence-corrected chi connectivity index (χ3v) is 3.51. The summed E-state index contributed by atoms with van der Waals surface area (Å²) >= 11 is 1.88. The van der Waals surface area contributed by atoms with Gasteiger partial charge >= 0.3 is 5.97 Å². The van der Waals surface area contributed by atoms with E-state index in [9.17, 15) is 4.79 Å². The van der Waals surface area contributed by atoms with Crippen LogP contribution in [-0.2, 0) is 0 Å². The maximum atomic E-state index is 11.1. The predicted molar refractivity (Wildman–Crippen MR) is 78.5 cm³/mol. The van der Waals surface area contributed by atoms with Gasteiger partial charge in [-0.25, -0.2) is 4.79 Å². The van der Waals surface area contributed by atoms with Gasteiger partial charge in [-0.1, -0.05) is 6.92 Å². The normalized spacial score (nSPS) is 12.1. The minimum Gasteiger partial charge on any atom is -0.478 e. The molecule has 1 atom stereocenters. The van der Waals surface area contributed by atoms with E-state index >= 15 is 0 Å². The van der Waals surface area contributed by atoms with Crippen LogP contribution in [-0.4, -0.2) is 28.6 Å². The van der Waals surface area contributed by atoms with Gasteiger partial charge in [-0.2, -0.15) is 11.8 Å². The zero-order chi connectivity index (χ0) is 13.5. The van der Waals surface area contributed by atoms with Crippen LogP contribution in [0.4, 0.5) is 11.4 Å². The number of anilines is 2. The highest BCUT2D eigenvalue weighted by Gasteiger charge is 2.12. The zero-order valence-electron chi connectivity index (χ0n) is 10.8. The van der Waals surface area contributed by atoms with Crippen LogP contribution in [0.5, 0.6) is 0 Å². The topological polar surface area (TPSA) is 75.3 Å². The van der Waals surface area contributed by atoms with Gasteiger partial charge in [0.1, 0.15) is 0 Å². The lowest BCUT2D eigenvalue weighted by Gasteiger charge is -2.17. The lowest BCUT2D eigenvalue weighted by atomic mass is 10.1. The van der Waals surface area contributed by atoms with Gasteiger partial charge in [0.25, 0.3) is 0 Å². The van der Waals surface area contributed by atoms with E-state index in [2.05, 4.69) is 19.2 Å². The maximum Gasteiger partial charge on any atom is 0.337 e. The smallest absolute Gasteiger partial charge is 0.337 e. The zero-order valence-corrected chi connectivity index (χ0v) is 11.6. The van der Waals surface area contributed by atoms with Crippen molar-refractivity contribution >= 4 is 29.1 Å². The fraction of sp³-hybridized carbons (Fsp3) is 0.462. The van der Waals surface area contributed by atoms with Crippen molar-refractivity contribution in [2.24, 2.45) is 0 Å². The minimum absolute atomic E-state index is 0.227. The van der Waals surface area contributed by atoms with Crippen molar-refractivity contribution in [1.29, 1.82) is 0 Å². The molecule has 0 saturated heterocycles. The third kappa shape index (κ3) is 4.49. The van der Waals surface area contributed by atoms with E-state index in [1.807, 2.05) is 11.8 Å². The molecule has 0 spiro atoms. The summed E-state index contributed by atoms with van der Waals surface area (Å²) in [6.45, 7) is 4.18. The highest BCUT2D eigenvalue weighted by molar-refractivity contribution is 7.99. The standard InChI is InChI=1S/C13H20N2O2S/c1-3-18-7-6-9(2)15-12-5-4-10(14)8-11(12)13(16)17/h4-5,8-9,15H,3,6-7,14H2,1-2H3,(H,16,17). The first-order valence-electron chi connectivity index (χ1n) is 6.01. The van der Waals surface area contributed by atoms with Crippen molar-refractivity contribution < 1.29 is 9.90 Å². The van der Waals surface area contributed by atoms with Gasteiger partial charge < -0.3 is 16.2 Å². The highest BCUT2D eigenvalue weighted by Crippen LogP contribution is 2.20. The lowest BCUT2D eigenvalue weighted by molar-refractivity contribution is 0.0698. The summed E-state index contributed by atoms with van der Waals surface area (Å²) < 4.78 is 0. The summed E-state index contributed by atoms with van der Waals surface area (Å²) in [6.07, 6.45) is 1.00. The van der Waals surface area contributed by atoms with E-state index in [0.29, 0.717) is 11.4 Å². The summed E-state index contributed by atoms with van der Waals surface area (Å²) in [4.78, 5) is 11.1. The van der Waals surface area contributed by atoms with Gasteiger partial charge in [0.15, 0.2) is 0 Å². The van der Waals surface area contributed by atoms with Crippen LogP contribution in [0.3, 0.4) is 0 Å². The second-order valence-corrected chi connectivity index (χ2v) is 5.54. The number of nitrogen functional groups attached to an aromatic ring is 1. The average Bonchev–Trinajstić information content (AvgIpc) is 2.31. The predicted octanol–water partition coefficient (Wildman–Crippen LogP) is 2.91. The number of rotatable bonds is 7. The van der Waals surface area contributed by atoms with E-state index in [1.165, 1.54) is 6.07 Å². The molecule has 5 heteroatoms. The van der Waals surface area contributed by atoms with Gasteiger partial charge in [-0.05, 0) is 43.0 Å². The molecule has 0 aliphatic heterocycles. The Morgan fingerprint density at radius 2 is 2.28 bits per heavy atom. The summed E-state index contributed by atoms with van der Waals surface area (Å²) in [5, 5.41) is 12.3. The van der Waals surface area contributed by atoms with Crippen LogP contribution >= 0.6 is 11.8 Å². The van der Waals surface area contributed by atoms with Gasteiger partial charge in [0, 0.05) is 17.4 Å². The molecule has 0 bridgehead atoms. The molecule has 0 radical (unpaired) electrons. The largest absolute Gasteiger partial charge is 0.478 e. The number of hydrogen-bond donors (Lipinski definition) is 3. The van der Waals surface area contributed by atoms with Gasteiger partial charge in [-0.15, -0.1) is 0 Å². The Bertz CT molecular complexity index is 410. The van der Waals surface area contributed by atoms with Crippen LogP contribution in [0.2, 0.25) is 0 Å². The van der Waals surface area contributed by atoms with Crippen LogP contribution in [0.15, 0.2) is 18.2 Å². The molecular weight excluding hydrogens is 248 g/mol. The molecule has 18 heavy (non-hydrogen) atoms. The molecule has 0 aliphatic rings. The number of carboxylic acids is 1. The summed E-state index contributed by atoms with van der Waals surface area (Å²) in [5.41, 5.74) is 6.92. The number of nitrogens with two attached hydrogens (primary N) is 1. The average molecular weight is 268 g/mol. The molecule has 4 nitrogen and oxygen atoms in total. The molecule has 4 N–H and O–H groups in total. The van der Waals surface area contributed by atoms with Crippen molar-refractivity contribution in [2.75, 3.05) is 22.6 Å². The van der Waals surface area contributed by atoms with Gasteiger partial charge in [0.2, 0.25) is 0 Å². The first-order valence-corrected chi connectivity index (χ1v) is 7.17. The van der Waals surface area contributed by atoms with Crippen molar-refractivity contribution in [3.63, 3.8) is 0 Å². The Morgan fingerprint density at radius 1 is 1.56 bits per heavy atom.